The van der Waals surface area contributed by atoms with Crippen LogP contribution in [0.15, 0.2) is 33.5 Å². The molecule has 2 atom stereocenters. The van der Waals surface area contributed by atoms with Gasteiger partial charge in [-0.1, -0.05) is 0 Å². The van der Waals surface area contributed by atoms with Crippen LogP contribution in [0.5, 0.6) is 5.75 Å². The van der Waals surface area contributed by atoms with E-state index in [0.29, 0.717) is 22.3 Å². The minimum absolute atomic E-state index is 0.394. The van der Waals surface area contributed by atoms with E-state index in [1.165, 1.54) is 6.07 Å². The van der Waals surface area contributed by atoms with Crippen molar-refractivity contribution in [3.05, 3.63) is 40.2 Å². The average Bonchev–Trinajstić information content (AvgIpc) is 2.34. The summed E-state index contributed by atoms with van der Waals surface area (Å²) in [5, 5.41) is 20.9. The third-order valence-corrected chi connectivity index (χ3v) is 3.45. The van der Waals surface area contributed by atoms with Crippen LogP contribution in [-0.4, -0.2) is 21.9 Å². The highest BCUT2D eigenvalue weighted by molar-refractivity contribution is 5.79. The van der Waals surface area contributed by atoms with Gasteiger partial charge in [-0.05, 0) is 26.0 Å². The number of ether oxygens (including phenoxy) is 1. The molecule has 5 nitrogen and oxygen atoms in total. The molecule has 1 aliphatic rings. The largest absolute Gasteiger partial charge is 0.485 e. The van der Waals surface area contributed by atoms with Crippen molar-refractivity contribution in [2.75, 3.05) is 0 Å². The van der Waals surface area contributed by atoms with Gasteiger partial charge in [0.25, 0.3) is 0 Å². The molecule has 100 valence electrons. The number of rotatable bonds is 0. The van der Waals surface area contributed by atoms with E-state index >= 15 is 0 Å². The van der Waals surface area contributed by atoms with Crippen LogP contribution in [0.25, 0.3) is 11.0 Å². The van der Waals surface area contributed by atoms with E-state index in [2.05, 4.69) is 0 Å². The van der Waals surface area contributed by atoms with Crippen LogP contribution < -0.4 is 10.4 Å². The van der Waals surface area contributed by atoms with E-state index in [-0.39, 0.29) is 0 Å². The highest BCUT2D eigenvalue weighted by atomic mass is 16.5. The van der Waals surface area contributed by atoms with Crippen LogP contribution in [0, 0.1) is 0 Å². The summed E-state index contributed by atoms with van der Waals surface area (Å²) in [4.78, 5) is 11.2. The summed E-state index contributed by atoms with van der Waals surface area (Å²) in [6.07, 6.45) is -2.05. The van der Waals surface area contributed by atoms with Gasteiger partial charge in [0.15, 0.2) is 0 Å². The highest BCUT2D eigenvalue weighted by Gasteiger charge is 2.42. The monoisotopic (exact) mass is 262 g/mol. The molecule has 3 rings (SSSR count). The molecule has 0 unspecified atom stereocenters. The molecule has 1 aliphatic heterocycles. The summed E-state index contributed by atoms with van der Waals surface area (Å²) in [6.45, 7) is 3.38. The summed E-state index contributed by atoms with van der Waals surface area (Å²) in [5.41, 5.74) is -0.461. The topological polar surface area (TPSA) is 79.9 Å². The molecule has 2 aromatic rings. The highest BCUT2D eigenvalue weighted by Crippen LogP contribution is 2.41. The lowest BCUT2D eigenvalue weighted by molar-refractivity contribution is -0.111. The van der Waals surface area contributed by atoms with Gasteiger partial charge in [-0.3, -0.25) is 0 Å². The Morgan fingerprint density at radius 1 is 1.21 bits per heavy atom. The Kier molecular flexibility index (Phi) is 2.45. The molecule has 2 heterocycles. The van der Waals surface area contributed by atoms with E-state index in [9.17, 15) is 15.0 Å². The number of benzene rings is 1. The standard InChI is InChI=1S/C14H14O5/c1-14(2)13(17)12(16)8-5-7-3-4-11(15)18-9(7)6-10(8)19-14/h3-6,12-13,16-17H,1-2H3/t12-,13+/m1/s1. The molecule has 1 aromatic heterocycles. The third-order valence-electron chi connectivity index (χ3n) is 3.45. The lowest BCUT2D eigenvalue weighted by Gasteiger charge is -2.40. The zero-order chi connectivity index (χ0) is 13.8. The third kappa shape index (κ3) is 1.82. The van der Waals surface area contributed by atoms with Gasteiger partial charge in [-0.2, -0.15) is 0 Å². The van der Waals surface area contributed by atoms with Gasteiger partial charge in [0.1, 0.15) is 29.1 Å². The predicted molar refractivity (Wildman–Crippen MR) is 68.2 cm³/mol. The first-order chi connectivity index (χ1) is 8.88. The molecular formula is C14H14O5. The van der Waals surface area contributed by atoms with Crippen molar-refractivity contribution >= 4 is 11.0 Å². The van der Waals surface area contributed by atoms with Crippen molar-refractivity contribution in [3.8, 4) is 5.75 Å². The Morgan fingerprint density at radius 2 is 1.95 bits per heavy atom. The van der Waals surface area contributed by atoms with E-state index in [1.54, 1.807) is 32.0 Å². The molecule has 0 radical (unpaired) electrons. The predicted octanol–water partition coefficient (Wildman–Crippen LogP) is 1.36. The second kappa shape index (κ2) is 3.82. The minimum Gasteiger partial charge on any atom is -0.485 e. The van der Waals surface area contributed by atoms with Crippen LogP contribution in [0.2, 0.25) is 0 Å². The molecule has 0 spiro atoms. The van der Waals surface area contributed by atoms with E-state index in [0.717, 1.165) is 0 Å². The second-order valence-electron chi connectivity index (χ2n) is 5.28. The van der Waals surface area contributed by atoms with Crippen LogP contribution in [0.3, 0.4) is 0 Å². The van der Waals surface area contributed by atoms with Gasteiger partial charge in [-0.15, -0.1) is 0 Å². The van der Waals surface area contributed by atoms with E-state index in [1.807, 2.05) is 0 Å². The zero-order valence-electron chi connectivity index (χ0n) is 10.6. The maximum atomic E-state index is 11.2. The Labute approximate surface area is 109 Å². The van der Waals surface area contributed by atoms with Crippen molar-refractivity contribution < 1.29 is 19.4 Å². The van der Waals surface area contributed by atoms with E-state index < -0.39 is 23.4 Å². The number of aliphatic hydroxyl groups excluding tert-OH is 2. The molecule has 19 heavy (non-hydrogen) atoms. The number of aliphatic hydroxyl groups is 2. The molecule has 2 N–H and O–H groups in total. The van der Waals surface area contributed by atoms with Gasteiger partial charge in [0, 0.05) is 23.1 Å². The molecule has 5 heteroatoms. The normalized spacial score (nSPS) is 24.8. The summed E-state index contributed by atoms with van der Waals surface area (Å²) in [5.74, 6) is 0.421. The number of hydrogen-bond donors (Lipinski definition) is 2. The zero-order valence-corrected chi connectivity index (χ0v) is 10.6. The summed E-state index contributed by atoms with van der Waals surface area (Å²) in [6, 6.07) is 6.16. The molecule has 0 saturated heterocycles. The fourth-order valence-electron chi connectivity index (χ4n) is 2.33. The first-order valence-corrected chi connectivity index (χ1v) is 6.01. The van der Waals surface area contributed by atoms with Crippen LogP contribution in [0.4, 0.5) is 0 Å². The minimum atomic E-state index is -1.03. The first kappa shape index (κ1) is 12.2. The lowest BCUT2D eigenvalue weighted by atomic mass is 9.88. The fourth-order valence-corrected chi connectivity index (χ4v) is 2.33. The fraction of sp³-hybridized carbons (Fsp3) is 0.357. The first-order valence-electron chi connectivity index (χ1n) is 6.01. The maximum Gasteiger partial charge on any atom is 0.336 e. The van der Waals surface area contributed by atoms with Crippen molar-refractivity contribution in [2.24, 2.45) is 0 Å². The van der Waals surface area contributed by atoms with Crippen molar-refractivity contribution in [3.63, 3.8) is 0 Å². The average molecular weight is 262 g/mol. The number of hydrogen-bond acceptors (Lipinski definition) is 5. The van der Waals surface area contributed by atoms with Crippen molar-refractivity contribution in [1.82, 2.24) is 0 Å². The Balaban J connectivity index is 2.25. The number of fused-ring (bicyclic) bond motifs is 2. The Morgan fingerprint density at radius 3 is 2.68 bits per heavy atom. The quantitative estimate of drug-likeness (QED) is 0.701. The van der Waals surface area contributed by atoms with Crippen molar-refractivity contribution in [1.29, 1.82) is 0 Å². The maximum absolute atomic E-state index is 11.2. The van der Waals surface area contributed by atoms with Gasteiger partial charge < -0.3 is 19.4 Å². The molecule has 1 aromatic carbocycles. The molecule has 0 bridgehead atoms. The SMILES string of the molecule is CC1(C)Oc2cc3oc(=O)ccc3cc2[C@@H](O)[C@@H]1O. The molecule has 0 aliphatic carbocycles. The van der Waals surface area contributed by atoms with Gasteiger partial charge in [-0.25, -0.2) is 4.79 Å². The summed E-state index contributed by atoms with van der Waals surface area (Å²) in [7, 11) is 0. The van der Waals surface area contributed by atoms with Crippen LogP contribution in [0.1, 0.15) is 25.5 Å². The summed E-state index contributed by atoms with van der Waals surface area (Å²) >= 11 is 0. The van der Waals surface area contributed by atoms with Gasteiger partial charge in [0.2, 0.25) is 0 Å². The molecule has 0 amide bonds. The second-order valence-corrected chi connectivity index (χ2v) is 5.28. The summed E-state index contributed by atoms with van der Waals surface area (Å²) < 4.78 is 10.8. The van der Waals surface area contributed by atoms with E-state index in [4.69, 9.17) is 9.15 Å². The van der Waals surface area contributed by atoms with Gasteiger partial charge in [0.05, 0.1) is 0 Å². The van der Waals surface area contributed by atoms with Gasteiger partial charge >= 0.3 is 5.63 Å². The lowest BCUT2D eigenvalue weighted by Crippen LogP contribution is -2.48. The molecule has 0 saturated carbocycles. The molecule has 0 fully saturated rings. The molecular weight excluding hydrogens is 248 g/mol. The smallest absolute Gasteiger partial charge is 0.336 e. The Hall–Kier alpha value is -1.85. The van der Waals surface area contributed by atoms with Crippen LogP contribution in [-0.2, 0) is 0 Å². The van der Waals surface area contributed by atoms with Crippen LogP contribution >= 0.6 is 0 Å². The Bertz CT molecular complexity index is 701. The van der Waals surface area contributed by atoms with Crippen molar-refractivity contribution in [2.45, 2.75) is 31.7 Å².